The third-order valence-corrected chi connectivity index (χ3v) is 3.83. The minimum atomic E-state index is -0.784. The fourth-order valence-electron chi connectivity index (χ4n) is 2.58. The van der Waals surface area contributed by atoms with Crippen LogP contribution in [0.15, 0.2) is 0 Å². The van der Waals surface area contributed by atoms with Gasteiger partial charge in [0.2, 0.25) is 5.91 Å². The summed E-state index contributed by atoms with van der Waals surface area (Å²) in [6, 6.07) is 0.347. The van der Waals surface area contributed by atoms with Crippen LogP contribution in [0.2, 0.25) is 0 Å². The molecule has 0 spiro atoms. The highest BCUT2D eigenvalue weighted by atomic mass is 16.4. The van der Waals surface area contributed by atoms with Crippen molar-refractivity contribution < 1.29 is 14.7 Å². The lowest BCUT2D eigenvalue weighted by Crippen LogP contribution is -2.37. The minimum absolute atomic E-state index is 0.0836. The molecular formula is C14H25NO3. The summed E-state index contributed by atoms with van der Waals surface area (Å²) in [6.45, 7) is 2.23. The molecule has 1 aliphatic rings. The summed E-state index contributed by atoms with van der Waals surface area (Å²) in [5.41, 5.74) is 0. The molecule has 1 fully saturated rings. The van der Waals surface area contributed by atoms with Crippen LogP contribution < -0.4 is 5.32 Å². The Balaban J connectivity index is 2.08. The van der Waals surface area contributed by atoms with Crippen molar-refractivity contribution in [3.63, 3.8) is 0 Å². The molecule has 0 aromatic rings. The molecule has 0 atom stereocenters. The van der Waals surface area contributed by atoms with E-state index >= 15 is 0 Å². The van der Waals surface area contributed by atoms with E-state index in [1.54, 1.807) is 0 Å². The SMILES string of the molecule is CCC1CCC(NC(=O)CCCCC(=O)O)CC1. The maximum absolute atomic E-state index is 11.6. The predicted molar refractivity (Wildman–Crippen MR) is 70.3 cm³/mol. The molecule has 104 valence electrons. The molecule has 0 bridgehead atoms. The summed E-state index contributed by atoms with van der Waals surface area (Å²) < 4.78 is 0. The van der Waals surface area contributed by atoms with Crippen LogP contribution in [0.5, 0.6) is 0 Å². The molecule has 0 saturated heterocycles. The minimum Gasteiger partial charge on any atom is -0.481 e. The lowest BCUT2D eigenvalue weighted by atomic mass is 9.84. The van der Waals surface area contributed by atoms with Crippen molar-refractivity contribution in [1.82, 2.24) is 5.32 Å². The molecule has 2 N–H and O–H groups in total. The number of carbonyl (C=O) groups is 2. The van der Waals surface area contributed by atoms with Gasteiger partial charge in [-0.2, -0.15) is 0 Å². The Morgan fingerprint density at radius 1 is 1.11 bits per heavy atom. The molecule has 0 heterocycles. The van der Waals surface area contributed by atoms with Gasteiger partial charge in [0.1, 0.15) is 0 Å². The third kappa shape index (κ3) is 6.03. The van der Waals surface area contributed by atoms with Gasteiger partial charge in [0.25, 0.3) is 0 Å². The normalized spacial score (nSPS) is 23.6. The Hall–Kier alpha value is -1.06. The lowest BCUT2D eigenvalue weighted by Gasteiger charge is -2.28. The monoisotopic (exact) mass is 255 g/mol. The summed E-state index contributed by atoms with van der Waals surface area (Å²) in [5, 5.41) is 11.6. The molecule has 1 saturated carbocycles. The van der Waals surface area contributed by atoms with Crippen molar-refractivity contribution >= 4 is 11.9 Å². The number of aliphatic carboxylic acids is 1. The Morgan fingerprint density at radius 2 is 1.72 bits per heavy atom. The summed E-state index contributed by atoms with van der Waals surface area (Å²) in [5.74, 6) is 0.141. The van der Waals surface area contributed by atoms with Crippen LogP contribution in [0.25, 0.3) is 0 Å². The molecule has 0 unspecified atom stereocenters. The summed E-state index contributed by atoms with van der Waals surface area (Å²) in [7, 11) is 0. The Kier molecular flexibility index (Phi) is 6.76. The first-order valence-corrected chi connectivity index (χ1v) is 7.13. The molecular weight excluding hydrogens is 230 g/mol. The summed E-state index contributed by atoms with van der Waals surface area (Å²) in [4.78, 5) is 22.0. The number of unbranched alkanes of at least 4 members (excludes halogenated alkanes) is 1. The van der Waals surface area contributed by atoms with Crippen molar-refractivity contribution in [2.75, 3.05) is 0 Å². The largest absolute Gasteiger partial charge is 0.481 e. The third-order valence-electron chi connectivity index (χ3n) is 3.83. The standard InChI is InChI=1S/C14H25NO3/c1-2-11-7-9-12(10-8-11)15-13(16)5-3-4-6-14(17)18/h11-12H,2-10H2,1H3,(H,15,16)(H,17,18). The van der Waals surface area contributed by atoms with Crippen LogP contribution in [0.4, 0.5) is 0 Å². The van der Waals surface area contributed by atoms with Gasteiger partial charge in [-0.15, -0.1) is 0 Å². The number of carboxylic acids is 1. The first kappa shape index (κ1) is 15.0. The number of carboxylic acid groups (broad SMARTS) is 1. The summed E-state index contributed by atoms with van der Waals surface area (Å²) in [6.07, 6.45) is 7.76. The van der Waals surface area contributed by atoms with Gasteiger partial charge in [0, 0.05) is 18.9 Å². The zero-order chi connectivity index (χ0) is 13.4. The second kappa shape index (κ2) is 8.11. The topological polar surface area (TPSA) is 66.4 Å². The van der Waals surface area contributed by atoms with E-state index in [-0.39, 0.29) is 12.3 Å². The van der Waals surface area contributed by atoms with Crippen LogP contribution in [0.3, 0.4) is 0 Å². The molecule has 18 heavy (non-hydrogen) atoms. The fraction of sp³-hybridized carbons (Fsp3) is 0.857. The molecule has 0 aromatic carbocycles. The molecule has 1 aliphatic carbocycles. The molecule has 1 rings (SSSR count). The first-order chi connectivity index (χ1) is 8.61. The van der Waals surface area contributed by atoms with Crippen LogP contribution >= 0.6 is 0 Å². The van der Waals surface area contributed by atoms with Crippen LogP contribution in [0.1, 0.15) is 64.7 Å². The van der Waals surface area contributed by atoms with Crippen molar-refractivity contribution in [1.29, 1.82) is 0 Å². The average Bonchev–Trinajstić information content (AvgIpc) is 2.35. The van der Waals surface area contributed by atoms with E-state index < -0.39 is 5.97 Å². The maximum Gasteiger partial charge on any atom is 0.303 e. The number of nitrogens with one attached hydrogen (secondary N) is 1. The van der Waals surface area contributed by atoms with Crippen LogP contribution in [-0.2, 0) is 9.59 Å². The van der Waals surface area contributed by atoms with Crippen molar-refractivity contribution in [3.8, 4) is 0 Å². The van der Waals surface area contributed by atoms with Gasteiger partial charge < -0.3 is 10.4 Å². The average molecular weight is 255 g/mol. The lowest BCUT2D eigenvalue weighted by molar-refractivity contribution is -0.137. The highest BCUT2D eigenvalue weighted by Gasteiger charge is 2.20. The van der Waals surface area contributed by atoms with Gasteiger partial charge in [-0.1, -0.05) is 13.3 Å². The van der Waals surface area contributed by atoms with Crippen molar-refractivity contribution in [2.45, 2.75) is 70.8 Å². The van der Waals surface area contributed by atoms with E-state index in [4.69, 9.17) is 5.11 Å². The first-order valence-electron chi connectivity index (χ1n) is 7.13. The number of hydrogen-bond donors (Lipinski definition) is 2. The van der Waals surface area contributed by atoms with E-state index in [0.717, 1.165) is 18.8 Å². The number of amides is 1. The molecule has 1 amide bonds. The van der Waals surface area contributed by atoms with Gasteiger partial charge >= 0.3 is 5.97 Å². The predicted octanol–water partition coefficient (Wildman–Crippen LogP) is 2.72. The Bertz CT molecular complexity index is 270. The van der Waals surface area contributed by atoms with Gasteiger partial charge in [0.15, 0.2) is 0 Å². The number of carbonyl (C=O) groups excluding carboxylic acids is 1. The smallest absolute Gasteiger partial charge is 0.303 e. The van der Waals surface area contributed by atoms with Gasteiger partial charge in [-0.25, -0.2) is 0 Å². The zero-order valence-electron chi connectivity index (χ0n) is 11.3. The number of rotatable bonds is 7. The van der Waals surface area contributed by atoms with Gasteiger partial charge in [0.05, 0.1) is 0 Å². The second-order valence-electron chi connectivity index (χ2n) is 5.29. The van der Waals surface area contributed by atoms with E-state index in [0.29, 0.717) is 25.3 Å². The Morgan fingerprint density at radius 3 is 2.28 bits per heavy atom. The van der Waals surface area contributed by atoms with Crippen LogP contribution in [-0.4, -0.2) is 23.0 Å². The van der Waals surface area contributed by atoms with E-state index in [9.17, 15) is 9.59 Å². The van der Waals surface area contributed by atoms with E-state index in [1.807, 2.05) is 0 Å². The van der Waals surface area contributed by atoms with E-state index in [1.165, 1.54) is 19.3 Å². The van der Waals surface area contributed by atoms with Gasteiger partial charge in [-0.05, 0) is 44.4 Å². The molecule has 0 radical (unpaired) electrons. The highest BCUT2D eigenvalue weighted by molar-refractivity contribution is 5.76. The highest BCUT2D eigenvalue weighted by Crippen LogP contribution is 2.26. The maximum atomic E-state index is 11.6. The van der Waals surface area contributed by atoms with Crippen molar-refractivity contribution in [2.24, 2.45) is 5.92 Å². The Labute approximate surface area is 109 Å². The summed E-state index contributed by atoms with van der Waals surface area (Å²) >= 11 is 0. The van der Waals surface area contributed by atoms with Crippen molar-refractivity contribution in [3.05, 3.63) is 0 Å². The quantitative estimate of drug-likeness (QED) is 0.687. The zero-order valence-corrected chi connectivity index (χ0v) is 11.3. The van der Waals surface area contributed by atoms with E-state index in [2.05, 4.69) is 12.2 Å². The molecule has 4 heteroatoms. The molecule has 0 aliphatic heterocycles. The fourth-order valence-corrected chi connectivity index (χ4v) is 2.58. The van der Waals surface area contributed by atoms with Crippen LogP contribution in [0, 0.1) is 5.92 Å². The molecule has 4 nitrogen and oxygen atoms in total. The number of hydrogen-bond acceptors (Lipinski definition) is 2. The molecule has 0 aromatic heterocycles. The van der Waals surface area contributed by atoms with Gasteiger partial charge in [-0.3, -0.25) is 9.59 Å². The second-order valence-corrected chi connectivity index (χ2v) is 5.29.